The van der Waals surface area contributed by atoms with Crippen molar-refractivity contribution >= 4 is 11.9 Å². The van der Waals surface area contributed by atoms with Crippen LogP contribution in [-0.2, 0) is 27.4 Å². The van der Waals surface area contributed by atoms with Gasteiger partial charge in [-0.2, -0.15) is 0 Å². The summed E-state index contributed by atoms with van der Waals surface area (Å²) in [5.41, 5.74) is 8.02. The number of benzene rings is 2. The lowest BCUT2D eigenvalue weighted by atomic mass is 10.0. The number of carbonyl (C=O) groups is 2. The van der Waals surface area contributed by atoms with Gasteiger partial charge in [0.15, 0.2) is 0 Å². The van der Waals surface area contributed by atoms with Crippen molar-refractivity contribution < 1.29 is 19.1 Å². The predicted octanol–water partition coefficient (Wildman–Crippen LogP) is 2.30. The zero-order valence-electron chi connectivity index (χ0n) is 16.0. The van der Waals surface area contributed by atoms with E-state index in [2.05, 4.69) is 0 Å². The van der Waals surface area contributed by atoms with Gasteiger partial charge in [0.1, 0.15) is 18.4 Å². The van der Waals surface area contributed by atoms with Crippen LogP contribution in [0.5, 0.6) is 5.75 Å². The normalized spacial score (nSPS) is 17.2. The summed E-state index contributed by atoms with van der Waals surface area (Å²) in [6.07, 6.45) is 1.78. The maximum atomic E-state index is 12.8. The first kappa shape index (κ1) is 19.9. The average Bonchev–Trinajstić information content (AvgIpc) is 3.22. The third-order valence-corrected chi connectivity index (χ3v) is 4.96. The molecule has 2 atom stereocenters. The minimum atomic E-state index is -0.698. The van der Waals surface area contributed by atoms with Crippen molar-refractivity contribution in [3.8, 4) is 5.75 Å². The SMILES string of the molecule is COc1ccc(C[C@@H](N)C(=O)N2CCC[C@H]2C(=O)OCc2ccccc2)cc1. The van der Waals surface area contributed by atoms with Crippen LogP contribution in [0.3, 0.4) is 0 Å². The van der Waals surface area contributed by atoms with Gasteiger partial charge < -0.3 is 20.1 Å². The first-order valence-electron chi connectivity index (χ1n) is 9.48. The minimum Gasteiger partial charge on any atom is -0.497 e. The van der Waals surface area contributed by atoms with E-state index in [-0.39, 0.29) is 18.5 Å². The number of amides is 1. The van der Waals surface area contributed by atoms with Crippen molar-refractivity contribution in [2.24, 2.45) is 5.73 Å². The van der Waals surface area contributed by atoms with Crippen molar-refractivity contribution in [2.75, 3.05) is 13.7 Å². The third kappa shape index (κ3) is 4.89. The van der Waals surface area contributed by atoms with Gasteiger partial charge in [-0.3, -0.25) is 4.79 Å². The fourth-order valence-electron chi connectivity index (χ4n) is 3.42. The summed E-state index contributed by atoms with van der Waals surface area (Å²) >= 11 is 0. The zero-order chi connectivity index (χ0) is 19.9. The molecule has 0 unspecified atom stereocenters. The molecule has 3 rings (SSSR count). The summed E-state index contributed by atoms with van der Waals surface area (Å²) in [6, 6.07) is 15.7. The Bertz CT molecular complexity index is 792. The highest BCUT2D eigenvalue weighted by Gasteiger charge is 2.37. The monoisotopic (exact) mass is 382 g/mol. The second-order valence-corrected chi connectivity index (χ2v) is 6.94. The number of methoxy groups -OCH3 is 1. The molecule has 0 radical (unpaired) electrons. The first-order chi connectivity index (χ1) is 13.6. The van der Waals surface area contributed by atoms with Crippen LogP contribution in [0.2, 0.25) is 0 Å². The van der Waals surface area contributed by atoms with E-state index >= 15 is 0 Å². The lowest BCUT2D eigenvalue weighted by molar-refractivity contribution is -0.154. The van der Waals surface area contributed by atoms with Crippen molar-refractivity contribution in [3.63, 3.8) is 0 Å². The molecule has 1 amide bonds. The molecule has 0 spiro atoms. The maximum Gasteiger partial charge on any atom is 0.329 e. The molecular weight excluding hydrogens is 356 g/mol. The summed E-state index contributed by atoms with van der Waals surface area (Å²) < 4.78 is 10.6. The van der Waals surface area contributed by atoms with Gasteiger partial charge in [0.05, 0.1) is 13.2 Å². The van der Waals surface area contributed by atoms with E-state index in [4.69, 9.17) is 15.2 Å². The van der Waals surface area contributed by atoms with Crippen LogP contribution in [0.1, 0.15) is 24.0 Å². The molecule has 2 aromatic rings. The van der Waals surface area contributed by atoms with Crippen molar-refractivity contribution in [1.82, 2.24) is 4.90 Å². The van der Waals surface area contributed by atoms with Crippen LogP contribution in [0.4, 0.5) is 0 Å². The summed E-state index contributed by atoms with van der Waals surface area (Å²) in [5.74, 6) is 0.172. The molecule has 1 saturated heterocycles. The molecule has 28 heavy (non-hydrogen) atoms. The molecule has 2 aromatic carbocycles. The molecule has 148 valence electrons. The number of likely N-dealkylation sites (tertiary alicyclic amines) is 1. The second kappa shape index (κ2) is 9.37. The van der Waals surface area contributed by atoms with Crippen LogP contribution < -0.4 is 10.5 Å². The number of hydrogen-bond donors (Lipinski definition) is 1. The number of nitrogens with two attached hydrogens (primary N) is 1. The Morgan fingerprint density at radius 3 is 2.50 bits per heavy atom. The Kier molecular flexibility index (Phi) is 6.66. The van der Waals surface area contributed by atoms with Crippen molar-refractivity contribution in [1.29, 1.82) is 0 Å². The van der Waals surface area contributed by atoms with Gasteiger partial charge in [-0.05, 0) is 42.5 Å². The molecule has 6 nitrogen and oxygen atoms in total. The van der Waals surface area contributed by atoms with E-state index in [1.54, 1.807) is 12.0 Å². The highest BCUT2D eigenvalue weighted by molar-refractivity contribution is 5.88. The minimum absolute atomic E-state index is 0.204. The number of rotatable bonds is 7. The van der Waals surface area contributed by atoms with Crippen molar-refractivity contribution in [2.45, 2.75) is 38.0 Å². The molecular formula is C22H26N2O4. The maximum absolute atomic E-state index is 12.8. The third-order valence-electron chi connectivity index (χ3n) is 4.96. The van der Waals surface area contributed by atoms with Gasteiger partial charge in [0, 0.05) is 6.54 Å². The molecule has 0 bridgehead atoms. The Morgan fingerprint density at radius 2 is 1.82 bits per heavy atom. The molecule has 0 aliphatic carbocycles. The molecule has 0 aromatic heterocycles. The smallest absolute Gasteiger partial charge is 0.329 e. The highest BCUT2D eigenvalue weighted by Crippen LogP contribution is 2.21. The molecule has 1 aliphatic heterocycles. The topological polar surface area (TPSA) is 81.9 Å². The van der Waals surface area contributed by atoms with E-state index in [0.29, 0.717) is 19.4 Å². The van der Waals surface area contributed by atoms with E-state index in [1.807, 2.05) is 54.6 Å². The largest absolute Gasteiger partial charge is 0.497 e. The van der Waals surface area contributed by atoms with E-state index in [0.717, 1.165) is 23.3 Å². The number of hydrogen-bond acceptors (Lipinski definition) is 5. The van der Waals surface area contributed by atoms with Gasteiger partial charge in [-0.1, -0.05) is 42.5 Å². The molecule has 6 heteroatoms. The molecule has 2 N–H and O–H groups in total. The lowest BCUT2D eigenvalue weighted by Gasteiger charge is -2.26. The van der Waals surface area contributed by atoms with Crippen LogP contribution in [0.15, 0.2) is 54.6 Å². The molecule has 1 fully saturated rings. The van der Waals surface area contributed by atoms with E-state index < -0.39 is 12.1 Å². The standard InChI is InChI=1S/C22H26N2O4/c1-27-18-11-9-16(10-12-18)14-19(23)21(25)24-13-5-8-20(24)22(26)28-15-17-6-3-2-4-7-17/h2-4,6-7,9-12,19-20H,5,8,13-15,23H2,1H3/t19-,20+/m1/s1. The summed E-state index contributed by atoms with van der Waals surface area (Å²) in [4.78, 5) is 26.9. The van der Waals surface area contributed by atoms with Gasteiger partial charge in [-0.15, -0.1) is 0 Å². The number of esters is 1. The number of carbonyl (C=O) groups excluding carboxylic acids is 2. The Morgan fingerprint density at radius 1 is 1.11 bits per heavy atom. The quantitative estimate of drug-likeness (QED) is 0.743. The lowest BCUT2D eigenvalue weighted by Crippen LogP contribution is -2.49. The Labute approximate surface area is 165 Å². The van der Waals surface area contributed by atoms with Gasteiger partial charge in [-0.25, -0.2) is 4.79 Å². The summed E-state index contributed by atoms with van der Waals surface area (Å²) in [6.45, 7) is 0.732. The fraction of sp³-hybridized carbons (Fsp3) is 0.364. The van der Waals surface area contributed by atoms with Gasteiger partial charge >= 0.3 is 5.97 Å². The van der Waals surface area contributed by atoms with E-state index in [1.165, 1.54) is 0 Å². The van der Waals surface area contributed by atoms with Gasteiger partial charge in [0.25, 0.3) is 0 Å². The summed E-state index contributed by atoms with van der Waals surface area (Å²) in [5, 5.41) is 0. The van der Waals surface area contributed by atoms with Crippen LogP contribution in [-0.4, -0.2) is 42.5 Å². The summed E-state index contributed by atoms with van der Waals surface area (Å²) in [7, 11) is 1.61. The average molecular weight is 382 g/mol. The zero-order valence-corrected chi connectivity index (χ0v) is 16.0. The molecule has 1 heterocycles. The van der Waals surface area contributed by atoms with Gasteiger partial charge in [0.2, 0.25) is 5.91 Å². The predicted molar refractivity (Wildman–Crippen MR) is 106 cm³/mol. The van der Waals surface area contributed by atoms with Crippen LogP contribution >= 0.6 is 0 Å². The second-order valence-electron chi connectivity index (χ2n) is 6.94. The first-order valence-corrected chi connectivity index (χ1v) is 9.48. The number of ether oxygens (including phenoxy) is 2. The van der Waals surface area contributed by atoms with Crippen LogP contribution in [0, 0.1) is 0 Å². The number of nitrogens with zero attached hydrogens (tertiary/aromatic N) is 1. The highest BCUT2D eigenvalue weighted by atomic mass is 16.5. The fourth-order valence-corrected chi connectivity index (χ4v) is 3.42. The molecule has 0 saturated carbocycles. The Hall–Kier alpha value is -2.86. The molecule has 1 aliphatic rings. The van der Waals surface area contributed by atoms with Crippen LogP contribution in [0.25, 0.3) is 0 Å². The van der Waals surface area contributed by atoms with Crippen molar-refractivity contribution in [3.05, 3.63) is 65.7 Å². The van der Waals surface area contributed by atoms with E-state index in [9.17, 15) is 9.59 Å². The Balaban J connectivity index is 1.57.